The lowest BCUT2D eigenvalue weighted by Gasteiger charge is -1.97. The van der Waals surface area contributed by atoms with Crippen LogP contribution in [0.25, 0.3) is 0 Å². The van der Waals surface area contributed by atoms with Crippen molar-refractivity contribution in [3.63, 3.8) is 0 Å². The summed E-state index contributed by atoms with van der Waals surface area (Å²) in [6, 6.07) is 10.4. The molecule has 0 fully saturated rings. The number of aromatic nitrogens is 2. The van der Waals surface area contributed by atoms with E-state index in [0.717, 1.165) is 25.9 Å². The fraction of sp³-hybridized carbons (Fsp3) is 0.357. The highest BCUT2D eigenvalue weighted by Crippen LogP contribution is 2.01. The van der Waals surface area contributed by atoms with Gasteiger partial charge in [0.25, 0.3) is 0 Å². The van der Waals surface area contributed by atoms with Crippen LogP contribution in [0.1, 0.15) is 18.4 Å². The summed E-state index contributed by atoms with van der Waals surface area (Å²) in [6.07, 6.45) is 8.18. The molecule has 98 valence electrons. The molecule has 0 radical (unpaired) electrons. The number of benzene rings is 1. The minimum atomic E-state index is 0. The highest BCUT2D eigenvalue weighted by molar-refractivity contribution is 5.14. The van der Waals surface area contributed by atoms with Crippen LogP contribution in [-0.4, -0.2) is 16.3 Å². The largest absolute Gasteiger partial charge is 1.00 e. The molecule has 1 aromatic heterocycles. The molecule has 0 aliphatic rings. The first-order valence-electron chi connectivity index (χ1n) is 6.08. The lowest BCUT2D eigenvalue weighted by atomic mass is 10.2. The molecule has 3 nitrogen and oxygen atoms in total. The van der Waals surface area contributed by atoms with Gasteiger partial charge in [-0.2, -0.15) is 0 Å². The summed E-state index contributed by atoms with van der Waals surface area (Å²) < 4.78 is 4.34. The van der Waals surface area contributed by atoms with Crippen molar-refractivity contribution in [1.82, 2.24) is 4.57 Å². The summed E-state index contributed by atoms with van der Waals surface area (Å²) in [5.41, 5.74) is 1.31. The highest BCUT2D eigenvalue weighted by Gasteiger charge is 2.03. The van der Waals surface area contributed by atoms with E-state index in [2.05, 4.69) is 52.1 Å². The topological polar surface area (TPSA) is 29.0 Å². The monoisotopic (exact) mass is 310 g/mol. The molecule has 0 bridgehead atoms. The van der Waals surface area contributed by atoms with Gasteiger partial charge < -0.3 is 22.1 Å². The Labute approximate surface area is 118 Å². The fourth-order valence-electron chi connectivity index (χ4n) is 1.86. The van der Waals surface area contributed by atoms with Crippen molar-refractivity contribution >= 4 is 0 Å². The Bertz CT molecular complexity index is 442. The molecular formula is C14H19BrN2O. The summed E-state index contributed by atoms with van der Waals surface area (Å²) in [6.45, 7) is 2.17. The molecule has 4 heteroatoms. The van der Waals surface area contributed by atoms with Gasteiger partial charge in [0.1, 0.15) is 18.9 Å². The zero-order chi connectivity index (χ0) is 11.9. The summed E-state index contributed by atoms with van der Waals surface area (Å²) in [7, 11) is 0. The van der Waals surface area contributed by atoms with Gasteiger partial charge in [-0.1, -0.05) is 30.3 Å². The number of rotatable bonds is 6. The van der Waals surface area contributed by atoms with Gasteiger partial charge >= 0.3 is 0 Å². The Morgan fingerprint density at radius 1 is 1.11 bits per heavy atom. The third-order valence-electron chi connectivity index (χ3n) is 2.78. The fourth-order valence-corrected chi connectivity index (χ4v) is 1.86. The van der Waals surface area contributed by atoms with Crippen LogP contribution in [0.5, 0.6) is 0 Å². The van der Waals surface area contributed by atoms with Gasteiger partial charge in [0, 0.05) is 6.61 Å². The smallest absolute Gasteiger partial charge is 0.244 e. The molecule has 1 aromatic carbocycles. The van der Waals surface area contributed by atoms with Crippen molar-refractivity contribution < 1.29 is 26.7 Å². The lowest BCUT2D eigenvalue weighted by molar-refractivity contribution is -0.696. The van der Waals surface area contributed by atoms with Crippen molar-refractivity contribution in [3.8, 4) is 0 Å². The molecule has 0 amide bonds. The van der Waals surface area contributed by atoms with Gasteiger partial charge in [-0.3, -0.25) is 0 Å². The minimum Gasteiger partial charge on any atom is -1.00 e. The number of hydrogen-bond donors (Lipinski definition) is 1. The third kappa shape index (κ3) is 4.63. The van der Waals surface area contributed by atoms with Crippen molar-refractivity contribution in [2.24, 2.45) is 0 Å². The Hall–Kier alpha value is -1.13. The van der Waals surface area contributed by atoms with Crippen LogP contribution < -0.4 is 21.5 Å². The van der Waals surface area contributed by atoms with E-state index < -0.39 is 0 Å². The molecular weight excluding hydrogens is 292 g/mol. The minimum absolute atomic E-state index is 0. The second kappa shape index (κ2) is 8.06. The maximum atomic E-state index is 8.73. The number of hydrogen-bond acceptors (Lipinski definition) is 1. The quantitative estimate of drug-likeness (QED) is 0.516. The molecule has 0 atom stereocenters. The molecule has 0 aliphatic carbocycles. The van der Waals surface area contributed by atoms with Gasteiger partial charge in [0.15, 0.2) is 0 Å². The molecule has 2 aromatic rings. The molecule has 0 saturated heterocycles. The van der Waals surface area contributed by atoms with E-state index in [4.69, 9.17) is 5.11 Å². The molecule has 1 heterocycles. The zero-order valence-electron chi connectivity index (χ0n) is 10.4. The Balaban J connectivity index is 0.00000162. The number of aryl methyl sites for hydroxylation is 1. The van der Waals surface area contributed by atoms with E-state index in [1.165, 1.54) is 5.56 Å². The van der Waals surface area contributed by atoms with Crippen molar-refractivity contribution in [2.45, 2.75) is 25.9 Å². The average molecular weight is 311 g/mol. The molecule has 0 spiro atoms. The number of aliphatic hydroxyl groups excluding tert-OH is 1. The summed E-state index contributed by atoms with van der Waals surface area (Å²) >= 11 is 0. The SMILES string of the molecule is OCCCC[n+]1ccn(Cc2ccccc2)c1.[Br-]. The van der Waals surface area contributed by atoms with Gasteiger partial charge in [-0.25, -0.2) is 9.13 Å². The normalized spacial score (nSPS) is 10.1. The number of imidazole rings is 1. The van der Waals surface area contributed by atoms with E-state index in [9.17, 15) is 0 Å². The summed E-state index contributed by atoms with van der Waals surface area (Å²) in [5, 5.41) is 8.73. The highest BCUT2D eigenvalue weighted by atomic mass is 79.9. The zero-order valence-corrected chi connectivity index (χ0v) is 12.0. The van der Waals surface area contributed by atoms with Crippen LogP contribution in [-0.2, 0) is 13.1 Å². The molecule has 0 aliphatic heterocycles. The second-order valence-corrected chi connectivity index (χ2v) is 4.24. The van der Waals surface area contributed by atoms with Crippen LogP contribution in [0.4, 0.5) is 0 Å². The van der Waals surface area contributed by atoms with Gasteiger partial charge in [0.05, 0.1) is 6.54 Å². The van der Waals surface area contributed by atoms with E-state index in [1.807, 2.05) is 6.07 Å². The maximum Gasteiger partial charge on any atom is 0.244 e. The number of halogens is 1. The Morgan fingerprint density at radius 2 is 1.89 bits per heavy atom. The first-order valence-corrected chi connectivity index (χ1v) is 6.08. The van der Waals surface area contributed by atoms with Crippen LogP contribution in [0, 0.1) is 0 Å². The van der Waals surface area contributed by atoms with E-state index >= 15 is 0 Å². The standard InChI is InChI=1S/C14H19N2O.BrH/c17-11-5-4-8-15-9-10-16(13-15)12-14-6-2-1-3-7-14;/h1-3,6-7,9-10,13,17H,4-5,8,11-12H2;1H/q+1;/p-1. The van der Waals surface area contributed by atoms with Crippen molar-refractivity contribution in [3.05, 3.63) is 54.6 Å². The van der Waals surface area contributed by atoms with Crippen LogP contribution in [0.3, 0.4) is 0 Å². The lowest BCUT2D eigenvalue weighted by Crippen LogP contribution is -3.00. The predicted octanol–water partition coefficient (Wildman–Crippen LogP) is -1.40. The van der Waals surface area contributed by atoms with Gasteiger partial charge in [-0.15, -0.1) is 0 Å². The third-order valence-corrected chi connectivity index (χ3v) is 2.78. The predicted molar refractivity (Wildman–Crippen MR) is 66.5 cm³/mol. The Morgan fingerprint density at radius 3 is 2.61 bits per heavy atom. The number of aliphatic hydroxyl groups is 1. The maximum absolute atomic E-state index is 8.73. The van der Waals surface area contributed by atoms with Gasteiger partial charge in [-0.05, 0) is 18.4 Å². The van der Waals surface area contributed by atoms with E-state index in [1.54, 1.807) is 0 Å². The molecule has 0 unspecified atom stereocenters. The van der Waals surface area contributed by atoms with Crippen LogP contribution in [0.2, 0.25) is 0 Å². The van der Waals surface area contributed by atoms with Gasteiger partial charge in [0.2, 0.25) is 6.33 Å². The summed E-state index contributed by atoms with van der Waals surface area (Å²) in [5.74, 6) is 0. The van der Waals surface area contributed by atoms with Crippen molar-refractivity contribution in [2.75, 3.05) is 6.61 Å². The molecule has 2 rings (SSSR count). The van der Waals surface area contributed by atoms with E-state index in [-0.39, 0.29) is 23.6 Å². The molecule has 0 saturated carbocycles. The first kappa shape index (κ1) is 14.9. The second-order valence-electron chi connectivity index (χ2n) is 4.24. The number of unbranched alkanes of at least 4 members (excludes halogenated alkanes) is 1. The molecule has 18 heavy (non-hydrogen) atoms. The average Bonchev–Trinajstić information content (AvgIpc) is 2.79. The first-order chi connectivity index (χ1) is 8.38. The summed E-state index contributed by atoms with van der Waals surface area (Å²) in [4.78, 5) is 0. The number of nitrogens with zero attached hydrogens (tertiary/aromatic N) is 2. The molecule has 1 N–H and O–H groups in total. The van der Waals surface area contributed by atoms with Crippen molar-refractivity contribution in [1.29, 1.82) is 0 Å². The van der Waals surface area contributed by atoms with E-state index in [0.29, 0.717) is 0 Å². The Kier molecular flexibility index (Phi) is 6.68. The van der Waals surface area contributed by atoms with Crippen LogP contribution in [0.15, 0.2) is 49.1 Å². The van der Waals surface area contributed by atoms with Crippen LogP contribution >= 0.6 is 0 Å².